The number of halogens is 1. The Hall–Kier alpha value is -2.89. The van der Waals surface area contributed by atoms with Gasteiger partial charge < -0.3 is 14.5 Å². The lowest BCUT2D eigenvalue weighted by atomic mass is 10.1. The van der Waals surface area contributed by atoms with Gasteiger partial charge in [0.25, 0.3) is 5.91 Å². The van der Waals surface area contributed by atoms with E-state index in [1.54, 1.807) is 9.80 Å². The summed E-state index contributed by atoms with van der Waals surface area (Å²) in [4.78, 5) is 28.2. The van der Waals surface area contributed by atoms with E-state index in [1.807, 2.05) is 31.2 Å². The highest BCUT2D eigenvalue weighted by molar-refractivity contribution is 5.80. The van der Waals surface area contributed by atoms with E-state index < -0.39 is 0 Å². The molecule has 0 spiro atoms. The molecule has 0 unspecified atom stereocenters. The molecular weight excluding hydrogens is 347 g/mol. The summed E-state index contributed by atoms with van der Waals surface area (Å²) in [7, 11) is 0. The summed E-state index contributed by atoms with van der Waals surface area (Å²) in [5.74, 6) is 0.0511. The van der Waals surface area contributed by atoms with Crippen LogP contribution in [0, 0.1) is 12.7 Å². The third-order valence-corrected chi connectivity index (χ3v) is 4.64. The predicted molar refractivity (Wildman–Crippen MR) is 99.9 cm³/mol. The number of carbonyl (C=O) groups is 2. The van der Waals surface area contributed by atoms with Crippen LogP contribution in [0.25, 0.3) is 0 Å². The van der Waals surface area contributed by atoms with Crippen molar-refractivity contribution in [2.75, 3.05) is 32.8 Å². The Labute approximate surface area is 158 Å². The molecule has 2 aromatic rings. The topological polar surface area (TPSA) is 49.9 Å². The lowest BCUT2D eigenvalue weighted by molar-refractivity contribution is -0.140. The standard InChI is InChI=1S/C21H23FN2O3/c1-16-2-4-17(5-3-16)14-20(25)23-10-12-24(13-11-23)21(26)15-27-19-8-6-18(22)7-9-19/h2-9H,10-15H2,1H3. The molecule has 0 saturated carbocycles. The van der Waals surface area contributed by atoms with Crippen LogP contribution in [0.3, 0.4) is 0 Å². The molecule has 142 valence electrons. The van der Waals surface area contributed by atoms with E-state index in [9.17, 15) is 14.0 Å². The number of aryl methyl sites for hydroxylation is 1. The van der Waals surface area contributed by atoms with Crippen molar-refractivity contribution in [2.45, 2.75) is 13.3 Å². The van der Waals surface area contributed by atoms with Crippen molar-refractivity contribution in [1.82, 2.24) is 9.80 Å². The average molecular weight is 370 g/mol. The van der Waals surface area contributed by atoms with Gasteiger partial charge in [-0.2, -0.15) is 0 Å². The summed E-state index contributed by atoms with van der Waals surface area (Å²) < 4.78 is 18.3. The van der Waals surface area contributed by atoms with Gasteiger partial charge >= 0.3 is 0 Å². The Bertz CT molecular complexity index is 782. The number of benzene rings is 2. The average Bonchev–Trinajstić information content (AvgIpc) is 2.69. The van der Waals surface area contributed by atoms with Gasteiger partial charge in [-0.1, -0.05) is 29.8 Å². The number of piperazine rings is 1. The van der Waals surface area contributed by atoms with Crippen molar-refractivity contribution in [3.05, 3.63) is 65.5 Å². The highest BCUT2D eigenvalue weighted by atomic mass is 19.1. The molecule has 2 aromatic carbocycles. The van der Waals surface area contributed by atoms with Gasteiger partial charge in [0.05, 0.1) is 6.42 Å². The minimum absolute atomic E-state index is 0.0773. The van der Waals surface area contributed by atoms with Crippen LogP contribution < -0.4 is 4.74 Å². The fraction of sp³-hybridized carbons (Fsp3) is 0.333. The molecule has 5 nitrogen and oxygen atoms in total. The zero-order chi connectivity index (χ0) is 19.2. The molecule has 0 radical (unpaired) electrons. The molecule has 0 aliphatic carbocycles. The molecule has 1 aliphatic heterocycles. The van der Waals surface area contributed by atoms with Crippen molar-refractivity contribution in [3.8, 4) is 5.75 Å². The van der Waals surface area contributed by atoms with E-state index in [4.69, 9.17) is 4.74 Å². The second kappa shape index (κ2) is 8.66. The summed E-state index contributed by atoms with van der Waals surface area (Å²) in [5, 5.41) is 0. The zero-order valence-corrected chi connectivity index (χ0v) is 15.4. The molecular formula is C21H23FN2O3. The first-order valence-corrected chi connectivity index (χ1v) is 9.01. The zero-order valence-electron chi connectivity index (χ0n) is 15.4. The second-order valence-electron chi connectivity index (χ2n) is 6.67. The lowest BCUT2D eigenvalue weighted by Crippen LogP contribution is -2.52. The van der Waals surface area contributed by atoms with Crippen LogP contribution in [-0.4, -0.2) is 54.4 Å². The largest absolute Gasteiger partial charge is 0.484 e. The summed E-state index contributed by atoms with van der Waals surface area (Å²) >= 11 is 0. The van der Waals surface area contributed by atoms with Gasteiger partial charge in [-0.05, 0) is 36.8 Å². The fourth-order valence-corrected chi connectivity index (χ4v) is 2.96. The summed E-state index contributed by atoms with van der Waals surface area (Å²) in [6.07, 6.45) is 0.377. The molecule has 0 bridgehead atoms. The van der Waals surface area contributed by atoms with Crippen molar-refractivity contribution in [3.63, 3.8) is 0 Å². The number of hydrogen-bond donors (Lipinski definition) is 0. The Morgan fingerprint density at radius 2 is 1.44 bits per heavy atom. The van der Waals surface area contributed by atoms with Gasteiger partial charge in [-0.25, -0.2) is 4.39 Å². The fourth-order valence-electron chi connectivity index (χ4n) is 2.96. The van der Waals surface area contributed by atoms with Crippen molar-refractivity contribution in [2.24, 2.45) is 0 Å². The normalized spacial score (nSPS) is 14.1. The van der Waals surface area contributed by atoms with E-state index in [1.165, 1.54) is 29.8 Å². The molecule has 1 heterocycles. The van der Waals surface area contributed by atoms with Crippen molar-refractivity contribution in [1.29, 1.82) is 0 Å². The Morgan fingerprint density at radius 3 is 2.04 bits per heavy atom. The summed E-state index contributed by atoms with van der Waals surface area (Å²) in [6.45, 7) is 3.95. The van der Waals surface area contributed by atoms with Gasteiger partial charge in [-0.3, -0.25) is 9.59 Å². The molecule has 0 N–H and O–H groups in total. The highest BCUT2D eigenvalue weighted by Gasteiger charge is 2.24. The van der Waals surface area contributed by atoms with Crippen LogP contribution in [0.5, 0.6) is 5.75 Å². The van der Waals surface area contributed by atoms with Crippen LogP contribution in [0.1, 0.15) is 11.1 Å². The molecule has 27 heavy (non-hydrogen) atoms. The first-order valence-electron chi connectivity index (χ1n) is 9.01. The third-order valence-electron chi connectivity index (χ3n) is 4.64. The minimum atomic E-state index is -0.347. The van der Waals surface area contributed by atoms with Crippen LogP contribution in [0.15, 0.2) is 48.5 Å². The van der Waals surface area contributed by atoms with Gasteiger partial charge in [0.1, 0.15) is 11.6 Å². The number of hydrogen-bond acceptors (Lipinski definition) is 3. The maximum atomic E-state index is 12.9. The third kappa shape index (κ3) is 5.29. The van der Waals surface area contributed by atoms with Gasteiger partial charge in [0.15, 0.2) is 6.61 Å². The van der Waals surface area contributed by atoms with Gasteiger partial charge in [-0.15, -0.1) is 0 Å². The Balaban J connectivity index is 1.43. The quantitative estimate of drug-likeness (QED) is 0.812. The summed E-state index contributed by atoms with van der Waals surface area (Å²) in [6, 6.07) is 13.5. The predicted octanol–water partition coefficient (Wildman–Crippen LogP) is 2.43. The van der Waals surface area contributed by atoms with E-state index >= 15 is 0 Å². The van der Waals surface area contributed by atoms with Crippen molar-refractivity contribution >= 4 is 11.8 Å². The van der Waals surface area contributed by atoms with Crippen LogP contribution in [-0.2, 0) is 16.0 Å². The van der Waals surface area contributed by atoms with E-state index in [2.05, 4.69) is 0 Å². The smallest absolute Gasteiger partial charge is 0.260 e. The van der Waals surface area contributed by atoms with Gasteiger partial charge in [0.2, 0.25) is 5.91 Å². The van der Waals surface area contributed by atoms with E-state index in [-0.39, 0.29) is 24.2 Å². The second-order valence-corrected chi connectivity index (χ2v) is 6.67. The number of rotatable bonds is 5. The molecule has 3 rings (SSSR count). The number of nitrogens with zero attached hydrogens (tertiary/aromatic N) is 2. The maximum Gasteiger partial charge on any atom is 0.260 e. The molecule has 6 heteroatoms. The van der Waals surface area contributed by atoms with Crippen LogP contribution in [0.2, 0.25) is 0 Å². The Morgan fingerprint density at radius 1 is 0.889 bits per heavy atom. The van der Waals surface area contributed by atoms with Crippen LogP contribution >= 0.6 is 0 Å². The molecule has 0 atom stereocenters. The molecule has 2 amide bonds. The first-order chi connectivity index (χ1) is 13.0. The first kappa shape index (κ1) is 18.9. The molecule has 1 fully saturated rings. The Kier molecular flexibility index (Phi) is 6.06. The molecule has 1 saturated heterocycles. The number of ether oxygens (including phenoxy) is 1. The van der Waals surface area contributed by atoms with Crippen molar-refractivity contribution < 1.29 is 18.7 Å². The number of amides is 2. The van der Waals surface area contributed by atoms with E-state index in [0.717, 1.165) is 5.56 Å². The highest BCUT2D eigenvalue weighted by Crippen LogP contribution is 2.12. The molecule has 0 aromatic heterocycles. The lowest BCUT2D eigenvalue weighted by Gasteiger charge is -2.34. The maximum absolute atomic E-state index is 12.9. The minimum Gasteiger partial charge on any atom is -0.484 e. The molecule has 1 aliphatic rings. The summed E-state index contributed by atoms with van der Waals surface area (Å²) in [5.41, 5.74) is 2.16. The van der Waals surface area contributed by atoms with Crippen LogP contribution in [0.4, 0.5) is 4.39 Å². The van der Waals surface area contributed by atoms with E-state index in [0.29, 0.717) is 38.3 Å². The monoisotopic (exact) mass is 370 g/mol. The number of carbonyl (C=O) groups excluding carboxylic acids is 2. The SMILES string of the molecule is Cc1ccc(CC(=O)N2CCN(C(=O)COc3ccc(F)cc3)CC2)cc1. The van der Waals surface area contributed by atoms with Gasteiger partial charge in [0, 0.05) is 26.2 Å².